The van der Waals surface area contributed by atoms with Gasteiger partial charge >= 0.3 is 12.6 Å². The van der Waals surface area contributed by atoms with Gasteiger partial charge in [0, 0.05) is 11.3 Å². The van der Waals surface area contributed by atoms with Gasteiger partial charge in [0.05, 0.1) is 5.56 Å². The molecule has 1 atom stereocenters. The number of benzene rings is 2. The number of carbonyl (C=O) groups is 3. The van der Waals surface area contributed by atoms with E-state index in [-0.39, 0.29) is 17.1 Å². The van der Waals surface area contributed by atoms with Crippen LogP contribution >= 0.6 is 0 Å². The van der Waals surface area contributed by atoms with E-state index in [0.717, 1.165) is 6.07 Å². The predicted octanol–water partition coefficient (Wildman–Crippen LogP) is 3.67. The number of carbonyl (C=O) groups excluding carboxylic acids is 3. The fourth-order valence-electron chi connectivity index (χ4n) is 2.14. The first-order chi connectivity index (χ1) is 12.8. The Bertz CT molecular complexity index is 853. The van der Waals surface area contributed by atoms with E-state index >= 15 is 0 Å². The summed E-state index contributed by atoms with van der Waals surface area (Å²) in [4.78, 5) is 35.7. The lowest BCUT2D eigenvalue weighted by atomic mass is 10.1. The van der Waals surface area contributed by atoms with Crippen LogP contribution in [0.3, 0.4) is 0 Å². The molecule has 0 saturated carbocycles. The normalized spacial score (nSPS) is 11.6. The maximum Gasteiger partial charge on any atom is 0.387 e. The van der Waals surface area contributed by atoms with E-state index in [1.807, 2.05) is 0 Å². The summed E-state index contributed by atoms with van der Waals surface area (Å²) in [5.41, 5.74) is 0.766. The standard InChI is InChI=1S/C19H17F2NO5/c1-11(23)13-5-3-7-15(9-13)22-17(24)12(2)26-18(25)14-6-4-8-16(10-14)27-19(20)21/h3-10,12,19H,1-2H3,(H,22,24)/t12-/m1/s1. The minimum absolute atomic E-state index is 0.0358. The Morgan fingerprint density at radius 1 is 1.00 bits per heavy atom. The molecule has 1 amide bonds. The van der Waals surface area contributed by atoms with Crippen LogP contribution in [0, 0.1) is 0 Å². The number of esters is 1. The second kappa shape index (κ2) is 8.88. The molecule has 0 aromatic heterocycles. The first-order valence-corrected chi connectivity index (χ1v) is 7.94. The van der Waals surface area contributed by atoms with Crippen molar-refractivity contribution in [2.75, 3.05) is 5.32 Å². The van der Waals surface area contributed by atoms with E-state index in [4.69, 9.17) is 4.74 Å². The van der Waals surface area contributed by atoms with E-state index in [2.05, 4.69) is 10.1 Å². The number of ether oxygens (including phenoxy) is 2. The van der Waals surface area contributed by atoms with Crippen molar-refractivity contribution in [3.05, 3.63) is 59.7 Å². The van der Waals surface area contributed by atoms with Gasteiger partial charge in [-0.1, -0.05) is 18.2 Å². The summed E-state index contributed by atoms with van der Waals surface area (Å²) in [5, 5.41) is 2.54. The Balaban J connectivity index is 2.00. The summed E-state index contributed by atoms with van der Waals surface area (Å²) in [7, 11) is 0. The van der Waals surface area contributed by atoms with Crippen molar-refractivity contribution in [1.82, 2.24) is 0 Å². The van der Waals surface area contributed by atoms with E-state index in [9.17, 15) is 23.2 Å². The molecule has 0 bridgehead atoms. The number of hydrogen-bond acceptors (Lipinski definition) is 5. The first-order valence-electron chi connectivity index (χ1n) is 7.94. The van der Waals surface area contributed by atoms with Crippen LogP contribution in [0.15, 0.2) is 48.5 Å². The number of ketones is 1. The number of Topliss-reactive ketones (excluding diaryl/α,β-unsaturated/α-hetero) is 1. The number of rotatable bonds is 7. The smallest absolute Gasteiger partial charge is 0.387 e. The summed E-state index contributed by atoms with van der Waals surface area (Å²) in [6.45, 7) is -0.259. The molecule has 1 N–H and O–H groups in total. The molecule has 0 aliphatic carbocycles. The Hall–Kier alpha value is -3.29. The van der Waals surface area contributed by atoms with Crippen molar-refractivity contribution in [3.63, 3.8) is 0 Å². The van der Waals surface area contributed by atoms with Crippen LogP contribution in [0.25, 0.3) is 0 Å². The van der Waals surface area contributed by atoms with Gasteiger partial charge in [0.15, 0.2) is 11.9 Å². The number of alkyl halides is 2. The number of hydrogen-bond donors (Lipinski definition) is 1. The highest BCUT2D eigenvalue weighted by molar-refractivity contribution is 5.99. The Morgan fingerprint density at radius 3 is 2.33 bits per heavy atom. The molecule has 0 unspecified atom stereocenters. The largest absolute Gasteiger partial charge is 0.449 e. The monoisotopic (exact) mass is 377 g/mol. The molecule has 6 nitrogen and oxygen atoms in total. The molecule has 2 aromatic rings. The maximum absolute atomic E-state index is 12.2. The minimum atomic E-state index is -3.02. The van der Waals surface area contributed by atoms with Crippen molar-refractivity contribution < 1.29 is 32.6 Å². The maximum atomic E-state index is 12.2. The molecule has 0 aliphatic rings. The molecule has 2 rings (SSSR count). The Morgan fingerprint density at radius 2 is 1.67 bits per heavy atom. The number of nitrogens with one attached hydrogen (secondary N) is 1. The van der Waals surface area contributed by atoms with Crippen LogP contribution in [0.4, 0.5) is 14.5 Å². The molecule has 0 fully saturated rings. The fourth-order valence-corrected chi connectivity index (χ4v) is 2.14. The van der Waals surface area contributed by atoms with Crippen LogP contribution in [-0.4, -0.2) is 30.4 Å². The van der Waals surface area contributed by atoms with Gasteiger partial charge in [0.25, 0.3) is 5.91 Å². The van der Waals surface area contributed by atoms with Gasteiger partial charge < -0.3 is 14.8 Å². The zero-order valence-corrected chi connectivity index (χ0v) is 14.6. The van der Waals surface area contributed by atoms with Gasteiger partial charge in [0.2, 0.25) is 0 Å². The second-order valence-corrected chi connectivity index (χ2v) is 5.58. The Labute approximate surface area is 154 Å². The summed E-state index contributed by atoms with van der Waals surface area (Å²) >= 11 is 0. The molecule has 0 aliphatic heterocycles. The molecule has 0 spiro atoms. The summed E-state index contributed by atoms with van der Waals surface area (Å²) in [6.07, 6.45) is -1.15. The van der Waals surface area contributed by atoms with Crippen molar-refractivity contribution in [3.8, 4) is 5.75 Å². The van der Waals surface area contributed by atoms with Gasteiger partial charge in [-0.3, -0.25) is 9.59 Å². The van der Waals surface area contributed by atoms with Crippen LogP contribution in [0.1, 0.15) is 34.6 Å². The molecular weight excluding hydrogens is 360 g/mol. The highest BCUT2D eigenvalue weighted by Gasteiger charge is 2.20. The second-order valence-electron chi connectivity index (χ2n) is 5.58. The molecule has 142 valence electrons. The summed E-state index contributed by atoms with van der Waals surface area (Å²) < 4.78 is 33.8. The van der Waals surface area contributed by atoms with Gasteiger partial charge in [-0.25, -0.2) is 4.79 Å². The molecule has 2 aromatic carbocycles. The average molecular weight is 377 g/mol. The SMILES string of the molecule is CC(=O)c1cccc(NC(=O)[C@@H](C)OC(=O)c2cccc(OC(F)F)c2)c1. The van der Waals surface area contributed by atoms with Gasteiger partial charge in [-0.2, -0.15) is 8.78 Å². The van der Waals surface area contributed by atoms with Gasteiger partial charge in [-0.05, 0) is 44.2 Å². The lowest BCUT2D eigenvalue weighted by molar-refractivity contribution is -0.123. The van der Waals surface area contributed by atoms with Crippen molar-refractivity contribution in [1.29, 1.82) is 0 Å². The highest BCUT2D eigenvalue weighted by atomic mass is 19.3. The van der Waals surface area contributed by atoms with Crippen LogP contribution in [-0.2, 0) is 9.53 Å². The van der Waals surface area contributed by atoms with Crippen molar-refractivity contribution >= 4 is 23.3 Å². The molecule has 0 radical (unpaired) electrons. The van der Waals surface area contributed by atoms with Crippen molar-refractivity contribution in [2.45, 2.75) is 26.6 Å². The first kappa shape index (κ1) is 20.0. The van der Waals surface area contributed by atoms with Gasteiger partial charge in [-0.15, -0.1) is 0 Å². The topological polar surface area (TPSA) is 81.7 Å². The van der Waals surface area contributed by atoms with E-state index in [0.29, 0.717) is 11.3 Å². The van der Waals surface area contributed by atoms with Crippen LogP contribution < -0.4 is 10.1 Å². The number of anilines is 1. The highest BCUT2D eigenvalue weighted by Crippen LogP contribution is 2.17. The zero-order chi connectivity index (χ0) is 20.0. The summed E-state index contributed by atoms with van der Waals surface area (Å²) in [6, 6.07) is 11.4. The van der Waals surface area contributed by atoms with Crippen molar-refractivity contribution in [2.24, 2.45) is 0 Å². The average Bonchev–Trinajstić information content (AvgIpc) is 2.61. The van der Waals surface area contributed by atoms with E-state index < -0.39 is 24.6 Å². The van der Waals surface area contributed by atoms with E-state index in [1.54, 1.807) is 18.2 Å². The molecule has 8 heteroatoms. The lowest BCUT2D eigenvalue weighted by Gasteiger charge is -2.14. The number of halogens is 2. The third kappa shape index (κ3) is 5.88. The zero-order valence-electron chi connectivity index (χ0n) is 14.6. The molecule has 27 heavy (non-hydrogen) atoms. The molecular formula is C19H17F2NO5. The summed E-state index contributed by atoms with van der Waals surface area (Å²) in [5.74, 6) is -1.83. The molecule has 0 heterocycles. The third-order valence-corrected chi connectivity index (χ3v) is 3.48. The third-order valence-electron chi connectivity index (χ3n) is 3.48. The van der Waals surface area contributed by atoms with Crippen LogP contribution in [0.5, 0.6) is 5.75 Å². The minimum Gasteiger partial charge on any atom is -0.449 e. The molecule has 0 saturated heterocycles. The van der Waals surface area contributed by atoms with E-state index in [1.165, 1.54) is 38.1 Å². The lowest BCUT2D eigenvalue weighted by Crippen LogP contribution is -2.30. The van der Waals surface area contributed by atoms with Gasteiger partial charge in [0.1, 0.15) is 5.75 Å². The quantitative estimate of drug-likeness (QED) is 0.588. The predicted molar refractivity (Wildman–Crippen MR) is 93.0 cm³/mol. The van der Waals surface area contributed by atoms with Crippen LogP contribution in [0.2, 0.25) is 0 Å². The Kier molecular flexibility index (Phi) is 6.59. The fraction of sp³-hybridized carbons (Fsp3) is 0.211. The number of amides is 1.